The lowest BCUT2D eigenvalue weighted by Crippen LogP contribution is -1.97. The van der Waals surface area contributed by atoms with Crippen molar-refractivity contribution in [2.75, 3.05) is 0 Å². The predicted octanol–water partition coefficient (Wildman–Crippen LogP) is 1.93. The molecule has 0 radical (unpaired) electrons. The Morgan fingerprint density at radius 3 is 2.54 bits per heavy atom. The highest BCUT2D eigenvalue weighted by Crippen LogP contribution is 2.12. The summed E-state index contributed by atoms with van der Waals surface area (Å²) < 4.78 is 0. The molecular weight excluding hydrogens is 174 g/mol. The Bertz CT molecular complexity index is 305. The Hall–Kier alpha value is -1.91. The van der Waals surface area contributed by atoms with E-state index in [9.17, 15) is 14.9 Å². The summed E-state index contributed by atoms with van der Waals surface area (Å²) in [6, 6.07) is 4.89. The second-order valence-electron chi connectivity index (χ2n) is 2.11. The number of non-ortho nitro benzene ring substituents is 1. The van der Waals surface area contributed by atoms with Gasteiger partial charge in [-0.15, -0.1) is 0 Å². The zero-order valence-corrected chi connectivity index (χ0v) is 5.93. The first kappa shape index (κ1) is 11.1. The van der Waals surface area contributed by atoms with Gasteiger partial charge < -0.3 is 5.11 Å². The molecule has 1 N–H and O–H groups in total. The van der Waals surface area contributed by atoms with Gasteiger partial charge in [-0.25, -0.2) is 4.79 Å². The summed E-state index contributed by atoms with van der Waals surface area (Å²) in [6.07, 6.45) is 0. The summed E-state index contributed by atoms with van der Waals surface area (Å²) in [5.41, 5.74) is -0.292. The maximum atomic E-state index is 10.4. The molecule has 0 bridgehead atoms. The highest BCUT2D eigenvalue weighted by atomic mass is 16.6. The van der Waals surface area contributed by atoms with Gasteiger partial charge in [0.15, 0.2) is 0 Å². The number of carboxylic acids is 1. The van der Waals surface area contributed by atoms with E-state index < -0.39 is 10.9 Å². The van der Waals surface area contributed by atoms with Crippen molar-refractivity contribution in [3.05, 3.63) is 39.9 Å². The molecule has 0 aliphatic carbocycles. The van der Waals surface area contributed by atoms with Crippen molar-refractivity contribution >= 4 is 11.7 Å². The first-order valence-corrected chi connectivity index (χ1v) is 3.09. The van der Waals surface area contributed by atoms with Crippen LogP contribution in [-0.2, 0) is 0 Å². The molecule has 0 aromatic heterocycles. The van der Waals surface area contributed by atoms with Crippen LogP contribution >= 0.6 is 0 Å². The molecule has 13 heavy (non-hydrogen) atoms. The van der Waals surface area contributed by atoms with E-state index in [-0.39, 0.29) is 18.7 Å². The molecule has 0 fully saturated rings. The Morgan fingerprint density at radius 2 is 2.08 bits per heavy atom. The van der Waals surface area contributed by atoms with Crippen LogP contribution in [0.2, 0.25) is 0 Å². The van der Waals surface area contributed by atoms with Gasteiger partial charge in [-0.1, -0.05) is 13.5 Å². The average molecular weight is 183 g/mol. The van der Waals surface area contributed by atoms with Crippen LogP contribution < -0.4 is 0 Å². The summed E-state index contributed by atoms with van der Waals surface area (Å²) in [5.74, 6) is -1.17. The smallest absolute Gasteiger partial charge is 0.335 e. The molecule has 0 aliphatic heterocycles. The standard InChI is InChI=1S/C7H5NO4.CH4/c9-7(10)5-2-1-3-6(4-5)8(11)12;/h1-4H,(H,9,10);1H4. The highest BCUT2D eigenvalue weighted by molar-refractivity contribution is 5.88. The molecule has 0 heterocycles. The molecule has 0 aliphatic rings. The number of nitrogens with zero attached hydrogens (tertiary/aromatic N) is 1. The quantitative estimate of drug-likeness (QED) is 0.561. The number of nitro groups is 1. The normalized spacial score (nSPS) is 8.62. The molecule has 0 unspecified atom stereocenters. The summed E-state index contributed by atoms with van der Waals surface area (Å²) >= 11 is 0. The second-order valence-corrected chi connectivity index (χ2v) is 2.11. The largest absolute Gasteiger partial charge is 0.478 e. The van der Waals surface area contributed by atoms with Gasteiger partial charge in [-0.3, -0.25) is 10.1 Å². The zero-order valence-electron chi connectivity index (χ0n) is 5.93. The van der Waals surface area contributed by atoms with E-state index in [2.05, 4.69) is 0 Å². The number of rotatable bonds is 2. The van der Waals surface area contributed by atoms with Crippen molar-refractivity contribution < 1.29 is 14.8 Å². The lowest BCUT2D eigenvalue weighted by molar-refractivity contribution is -0.384. The zero-order chi connectivity index (χ0) is 9.14. The van der Waals surface area contributed by atoms with Gasteiger partial charge in [0.1, 0.15) is 0 Å². The maximum absolute atomic E-state index is 10.4. The monoisotopic (exact) mass is 183 g/mol. The third-order valence-corrected chi connectivity index (χ3v) is 1.30. The molecule has 70 valence electrons. The van der Waals surface area contributed by atoms with Crippen LogP contribution in [-0.4, -0.2) is 16.0 Å². The van der Waals surface area contributed by atoms with Crippen LogP contribution in [0, 0.1) is 10.1 Å². The SMILES string of the molecule is C.O=C(O)c1cccc([N+](=O)[O-])c1. The third kappa shape index (κ3) is 2.55. The number of benzene rings is 1. The van der Waals surface area contributed by atoms with Crippen LogP contribution in [0.3, 0.4) is 0 Å². The number of carbonyl (C=O) groups is 1. The van der Waals surface area contributed by atoms with Gasteiger partial charge in [0.05, 0.1) is 10.5 Å². The van der Waals surface area contributed by atoms with Gasteiger partial charge in [-0.2, -0.15) is 0 Å². The first-order chi connectivity index (χ1) is 5.61. The molecule has 0 amide bonds. The van der Waals surface area contributed by atoms with Crippen LogP contribution in [0.5, 0.6) is 0 Å². The van der Waals surface area contributed by atoms with E-state index in [0.717, 1.165) is 6.07 Å². The molecule has 5 nitrogen and oxygen atoms in total. The minimum Gasteiger partial charge on any atom is -0.478 e. The van der Waals surface area contributed by atoms with Crippen molar-refractivity contribution in [1.82, 2.24) is 0 Å². The van der Waals surface area contributed by atoms with Crippen LogP contribution in [0.1, 0.15) is 17.8 Å². The van der Waals surface area contributed by atoms with Crippen molar-refractivity contribution in [2.45, 2.75) is 7.43 Å². The van der Waals surface area contributed by atoms with E-state index in [1.54, 1.807) is 0 Å². The molecule has 0 atom stereocenters. The molecule has 1 aromatic rings. The average Bonchev–Trinajstić information content (AvgIpc) is 2.04. The van der Waals surface area contributed by atoms with Gasteiger partial charge in [-0.05, 0) is 6.07 Å². The van der Waals surface area contributed by atoms with Gasteiger partial charge in [0.25, 0.3) is 5.69 Å². The summed E-state index contributed by atoms with van der Waals surface area (Å²) in [5, 5.41) is 18.7. The Labute approximate surface area is 74.8 Å². The highest BCUT2D eigenvalue weighted by Gasteiger charge is 2.08. The summed E-state index contributed by atoms with van der Waals surface area (Å²) in [4.78, 5) is 19.9. The number of carboxylic acid groups (broad SMARTS) is 1. The van der Waals surface area contributed by atoms with E-state index in [4.69, 9.17) is 5.11 Å². The fraction of sp³-hybridized carbons (Fsp3) is 0.125. The molecule has 5 heteroatoms. The van der Waals surface area contributed by atoms with Gasteiger partial charge in [0.2, 0.25) is 0 Å². The van der Waals surface area contributed by atoms with Crippen LogP contribution in [0.15, 0.2) is 24.3 Å². The van der Waals surface area contributed by atoms with E-state index >= 15 is 0 Å². The molecule has 1 aromatic carbocycles. The van der Waals surface area contributed by atoms with Crippen LogP contribution in [0.4, 0.5) is 5.69 Å². The third-order valence-electron chi connectivity index (χ3n) is 1.30. The number of aromatic carboxylic acids is 1. The first-order valence-electron chi connectivity index (χ1n) is 3.09. The number of hydrogen-bond acceptors (Lipinski definition) is 3. The van der Waals surface area contributed by atoms with Gasteiger partial charge >= 0.3 is 5.97 Å². The number of nitro benzene ring substituents is 1. The molecule has 0 saturated heterocycles. The molecule has 0 saturated carbocycles. The maximum Gasteiger partial charge on any atom is 0.335 e. The Morgan fingerprint density at radius 1 is 1.46 bits per heavy atom. The Kier molecular flexibility index (Phi) is 3.58. The van der Waals surface area contributed by atoms with Crippen molar-refractivity contribution in [1.29, 1.82) is 0 Å². The summed E-state index contributed by atoms with van der Waals surface area (Å²) in [6.45, 7) is 0. The molecule has 1 rings (SSSR count). The van der Waals surface area contributed by atoms with E-state index in [1.165, 1.54) is 18.2 Å². The molecular formula is C8H9NO4. The predicted molar refractivity (Wildman–Crippen MR) is 46.8 cm³/mol. The fourth-order valence-corrected chi connectivity index (χ4v) is 0.753. The minimum absolute atomic E-state index is 0. The van der Waals surface area contributed by atoms with Gasteiger partial charge in [0, 0.05) is 12.1 Å². The fourth-order valence-electron chi connectivity index (χ4n) is 0.753. The van der Waals surface area contributed by atoms with E-state index in [1.807, 2.05) is 0 Å². The topological polar surface area (TPSA) is 80.4 Å². The van der Waals surface area contributed by atoms with E-state index in [0.29, 0.717) is 0 Å². The molecule has 0 spiro atoms. The minimum atomic E-state index is -1.17. The van der Waals surface area contributed by atoms with Crippen molar-refractivity contribution in [3.8, 4) is 0 Å². The second kappa shape index (κ2) is 4.20. The summed E-state index contributed by atoms with van der Waals surface area (Å²) in [7, 11) is 0. The van der Waals surface area contributed by atoms with Crippen molar-refractivity contribution in [3.63, 3.8) is 0 Å². The lowest BCUT2D eigenvalue weighted by atomic mass is 10.2. The van der Waals surface area contributed by atoms with Crippen molar-refractivity contribution in [2.24, 2.45) is 0 Å². The Balaban J connectivity index is 0.00000144. The lowest BCUT2D eigenvalue weighted by Gasteiger charge is -1.92. The van der Waals surface area contributed by atoms with Crippen LogP contribution in [0.25, 0.3) is 0 Å². The number of hydrogen-bond donors (Lipinski definition) is 1.